The van der Waals surface area contributed by atoms with Gasteiger partial charge in [0.1, 0.15) is 17.2 Å². The van der Waals surface area contributed by atoms with Crippen LogP contribution < -0.4 is 10.6 Å². The lowest BCUT2D eigenvalue weighted by atomic mass is 9.78. The molecule has 0 radical (unpaired) electrons. The molecule has 0 saturated carbocycles. The first-order valence-corrected chi connectivity index (χ1v) is 12.5. The average Bonchev–Trinajstić information content (AvgIpc) is 3.46. The fraction of sp³-hybridized carbons (Fsp3) is 0.333. The molecule has 2 aliphatic rings. The molecule has 0 bridgehead atoms. The lowest BCUT2D eigenvalue weighted by Crippen LogP contribution is -2.60. The van der Waals surface area contributed by atoms with Crippen molar-refractivity contribution in [2.75, 3.05) is 37.3 Å². The van der Waals surface area contributed by atoms with E-state index in [0.717, 1.165) is 41.2 Å². The van der Waals surface area contributed by atoms with Crippen LogP contribution in [-0.4, -0.2) is 67.4 Å². The van der Waals surface area contributed by atoms with Gasteiger partial charge in [-0.2, -0.15) is 0 Å². The molecule has 2 saturated heterocycles. The predicted octanol–water partition coefficient (Wildman–Crippen LogP) is 2.85. The maximum Gasteiger partial charge on any atom is 0.232 e. The van der Waals surface area contributed by atoms with E-state index in [0.29, 0.717) is 25.5 Å². The zero-order chi connectivity index (χ0) is 26.6. The van der Waals surface area contributed by atoms with Crippen LogP contribution in [0.5, 0.6) is 0 Å². The second kappa shape index (κ2) is 8.86. The van der Waals surface area contributed by atoms with Crippen molar-refractivity contribution in [1.82, 2.24) is 34.8 Å². The van der Waals surface area contributed by atoms with E-state index in [-0.39, 0.29) is 28.5 Å². The summed E-state index contributed by atoms with van der Waals surface area (Å²) in [5, 5.41) is 8.33. The average molecular weight is 514 g/mol. The molecular formula is C27H28FN9O. The first-order valence-electron chi connectivity index (χ1n) is 12.5. The van der Waals surface area contributed by atoms with Crippen molar-refractivity contribution < 1.29 is 9.18 Å². The van der Waals surface area contributed by atoms with E-state index in [9.17, 15) is 9.18 Å². The van der Waals surface area contributed by atoms with E-state index in [2.05, 4.69) is 25.2 Å². The summed E-state index contributed by atoms with van der Waals surface area (Å²) in [4.78, 5) is 29.9. The smallest absolute Gasteiger partial charge is 0.232 e. The highest BCUT2D eigenvalue weighted by molar-refractivity contribution is 5.88. The van der Waals surface area contributed by atoms with Crippen molar-refractivity contribution in [3.8, 4) is 22.8 Å². The van der Waals surface area contributed by atoms with Crippen LogP contribution in [0.4, 0.5) is 16.0 Å². The Morgan fingerprint density at radius 2 is 1.87 bits per heavy atom. The third-order valence-electron chi connectivity index (χ3n) is 7.66. The van der Waals surface area contributed by atoms with Gasteiger partial charge >= 0.3 is 0 Å². The Hall–Kier alpha value is -4.41. The van der Waals surface area contributed by atoms with Gasteiger partial charge in [0.25, 0.3) is 0 Å². The van der Waals surface area contributed by atoms with Gasteiger partial charge in [0.15, 0.2) is 17.5 Å². The van der Waals surface area contributed by atoms with E-state index in [1.54, 1.807) is 10.9 Å². The van der Waals surface area contributed by atoms with Gasteiger partial charge in [-0.05, 0) is 43.5 Å². The number of nitrogen functional groups attached to an aromatic ring is 1. The molecule has 1 spiro atoms. The number of carbonyl (C=O) groups excluding carboxylic acids is 1. The first-order chi connectivity index (χ1) is 18.2. The molecule has 11 heteroatoms. The molecule has 2 N–H and O–H groups in total. The van der Waals surface area contributed by atoms with E-state index >= 15 is 0 Å². The van der Waals surface area contributed by atoms with Crippen LogP contribution in [0.3, 0.4) is 0 Å². The van der Waals surface area contributed by atoms with Crippen LogP contribution in [0, 0.1) is 25.1 Å². The molecule has 194 valence electrons. The molecule has 1 amide bonds. The number of anilines is 2. The molecule has 1 aromatic carbocycles. The monoisotopic (exact) mass is 513 g/mol. The Morgan fingerprint density at radius 3 is 2.63 bits per heavy atom. The SMILES string of the molecule is Cc1cccc(-c2nc(N)c(F)c(-c3cn(Cc4cccc(N5CC6(CCN(C)C6=O)C5)n4)nn3)n2)c1C. The molecule has 2 fully saturated rings. The molecule has 5 heterocycles. The number of hydrogen-bond donors (Lipinski definition) is 1. The van der Waals surface area contributed by atoms with Gasteiger partial charge in [-0.25, -0.2) is 24.0 Å². The minimum atomic E-state index is -0.731. The Labute approximate surface area is 219 Å². The zero-order valence-corrected chi connectivity index (χ0v) is 21.5. The molecule has 0 unspecified atom stereocenters. The Balaban J connectivity index is 1.22. The number of nitrogens with zero attached hydrogens (tertiary/aromatic N) is 8. The minimum absolute atomic E-state index is 0.00144. The van der Waals surface area contributed by atoms with Crippen molar-refractivity contribution in [1.29, 1.82) is 0 Å². The summed E-state index contributed by atoms with van der Waals surface area (Å²) in [6.07, 6.45) is 2.51. The van der Waals surface area contributed by atoms with E-state index in [1.165, 1.54) is 0 Å². The number of hydrogen-bond acceptors (Lipinski definition) is 8. The molecular weight excluding hydrogens is 485 g/mol. The summed E-state index contributed by atoms with van der Waals surface area (Å²) in [7, 11) is 1.86. The van der Waals surface area contributed by atoms with Gasteiger partial charge < -0.3 is 15.5 Å². The van der Waals surface area contributed by atoms with Gasteiger partial charge in [-0.15, -0.1) is 5.10 Å². The molecule has 6 rings (SSSR count). The number of likely N-dealkylation sites (tertiary alicyclic amines) is 1. The maximum absolute atomic E-state index is 15.0. The zero-order valence-electron chi connectivity index (χ0n) is 21.5. The molecule has 3 aromatic heterocycles. The van der Waals surface area contributed by atoms with Crippen molar-refractivity contribution in [3.05, 3.63) is 65.2 Å². The van der Waals surface area contributed by atoms with Gasteiger partial charge in [0, 0.05) is 32.2 Å². The number of amides is 1. The predicted molar refractivity (Wildman–Crippen MR) is 141 cm³/mol. The lowest BCUT2D eigenvalue weighted by Gasteiger charge is -2.47. The van der Waals surface area contributed by atoms with Crippen LogP contribution in [0.15, 0.2) is 42.6 Å². The molecule has 4 aromatic rings. The van der Waals surface area contributed by atoms with Crippen LogP contribution in [0.25, 0.3) is 22.8 Å². The standard InChI is InChI=1S/C27H28FN9O/c1-16-6-4-8-19(17(16)2)25-31-23(22(28)24(29)32-25)20-13-37(34-33-20)12-18-7-5-9-21(30-18)36-14-27(15-36)10-11-35(3)26(27)38/h4-9,13H,10-12,14-15H2,1-3H3,(H2,29,31,32). The summed E-state index contributed by atoms with van der Waals surface area (Å²) in [5.41, 5.74) is 9.53. The molecule has 38 heavy (non-hydrogen) atoms. The quantitative estimate of drug-likeness (QED) is 0.433. The van der Waals surface area contributed by atoms with Crippen molar-refractivity contribution >= 4 is 17.5 Å². The van der Waals surface area contributed by atoms with E-state index < -0.39 is 5.82 Å². The lowest BCUT2D eigenvalue weighted by molar-refractivity contribution is -0.136. The second-order valence-electron chi connectivity index (χ2n) is 10.2. The molecule has 2 aliphatic heterocycles. The number of carbonyl (C=O) groups is 1. The molecule has 0 aliphatic carbocycles. The topological polar surface area (TPSA) is 119 Å². The summed E-state index contributed by atoms with van der Waals surface area (Å²) in [5.74, 6) is 0.407. The summed E-state index contributed by atoms with van der Waals surface area (Å²) < 4.78 is 16.6. The number of pyridine rings is 1. The number of aryl methyl sites for hydroxylation is 1. The Kier molecular flexibility index (Phi) is 5.59. The van der Waals surface area contributed by atoms with Gasteiger partial charge in [-0.3, -0.25) is 4.79 Å². The highest BCUT2D eigenvalue weighted by atomic mass is 19.1. The van der Waals surface area contributed by atoms with E-state index in [4.69, 9.17) is 10.7 Å². The maximum atomic E-state index is 15.0. The minimum Gasteiger partial charge on any atom is -0.381 e. The number of aromatic nitrogens is 6. The van der Waals surface area contributed by atoms with Crippen molar-refractivity contribution in [2.24, 2.45) is 5.41 Å². The van der Waals surface area contributed by atoms with Crippen LogP contribution in [0.2, 0.25) is 0 Å². The highest BCUT2D eigenvalue weighted by Gasteiger charge is 2.54. The fourth-order valence-corrected chi connectivity index (χ4v) is 5.26. The van der Waals surface area contributed by atoms with Crippen LogP contribution in [0.1, 0.15) is 23.2 Å². The largest absolute Gasteiger partial charge is 0.381 e. The van der Waals surface area contributed by atoms with E-state index in [1.807, 2.05) is 62.2 Å². The van der Waals surface area contributed by atoms with Gasteiger partial charge in [0.05, 0.1) is 23.9 Å². The first kappa shape index (κ1) is 24.0. The van der Waals surface area contributed by atoms with Gasteiger partial charge in [0.2, 0.25) is 5.91 Å². The fourth-order valence-electron chi connectivity index (χ4n) is 5.26. The highest BCUT2D eigenvalue weighted by Crippen LogP contribution is 2.41. The van der Waals surface area contributed by atoms with Crippen molar-refractivity contribution in [2.45, 2.75) is 26.8 Å². The summed E-state index contributed by atoms with van der Waals surface area (Å²) in [6, 6.07) is 11.6. The summed E-state index contributed by atoms with van der Waals surface area (Å²) in [6.45, 7) is 6.46. The second-order valence-corrected chi connectivity index (χ2v) is 10.2. The molecule has 10 nitrogen and oxygen atoms in total. The number of rotatable bonds is 5. The van der Waals surface area contributed by atoms with Crippen LogP contribution >= 0.6 is 0 Å². The third kappa shape index (κ3) is 3.94. The Morgan fingerprint density at radius 1 is 1.08 bits per heavy atom. The van der Waals surface area contributed by atoms with Gasteiger partial charge in [-0.1, -0.05) is 29.5 Å². The normalized spacial score (nSPS) is 16.4. The number of halogens is 1. The Bertz CT molecular complexity index is 1560. The van der Waals surface area contributed by atoms with Crippen LogP contribution in [-0.2, 0) is 11.3 Å². The number of nitrogens with two attached hydrogens (primary N) is 1. The number of benzene rings is 1. The molecule has 0 atom stereocenters. The summed E-state index contributed by atoms with van der Waals surface area (Å²) >= 11 is 0. The third-order valence-corrected chi connectivity index (χ3v) is 7.66. The van der Waals surface area contributed by atoms with Crippen molar-refractivity contribution in [3.63, 3.8) is 0 Å².